The largest absolute Gasteiger partial charge is 0.433 e. The summed E-state index contributed by atoms with van der Waals surface area (Å²) in [6.07, 6.45) is -4.24. The highest BCUT2D eigenvalue weighted by molar-refractivity contribution is 5.77. The Bertz CT molecular complexity index is 895. The molecule has 0 spiro atoms. The van der Waals surface area contributed by atoms with Gasteiger partial charge in [0.25, 0.3) is 0 Å². The quantitative estimate of drug-likeness (QED) is 0.627. The van der Waals surface area contributed by atoms with E-state index in [1.807, 2.05) is 0 Å². The second kappa shape index (κ2) is 7.46. The monoisotopic (exact) mass is 406 g/mol. The van der Waals surface area contributed by atoms with Gasteiger partial charge in [-0.05, 0) is 18.1 Å². The van der Waals surface area contributed by atoms with Crippen LogP contribution in [0.15, 0.2) is 18.3 Å². The van der Waals surface area contributed by atoms with E-state index in [0.29, 0.717) is 12.1 Å². The molecule has 0 unspecified atom stereocenters. The summed E-state index contributed by atoms with van der Waals surface area (Å²) >= 11 is 0. The fourth-order valence-corrected chi connectivity index (χ4v) is 3.13. The number of benzene rings is 1. The van der Waals surface area contributed by atoms with Crippen LogP contribution in [0, 0.1) is 17.5 Å². The summed E-state index contributed by atoms with van der Waals surface area (Å²) in [6, 6.07) is 0.215. The highest BCUT2D eigenvalue weighted by Crippen LogP contribution is 2.31. The molecular weight excluding hydrogens is 390 g/mol. The Hall–Kier alpha value is -2.56. The molecule has 1 aliphatic heterocycles. The Balaban J connectivity index is 1.63. The van der Waals surface area contributed by atoms with E-state index < -0.39 is 41.3 Å². The molecule has 1 amide bonds. The third-order valence-electron chi connectivity index (χ3n) is 4.52. The number of hydrogen-bond donors (Lipinski definition) is 1. The van der Waals surface area contributed by atoms with Crippen LogP contribution in [0.1, 0.15) is 23.5 Å². The normalized spacial score (nSPS) is 15.5. The molecule has 0 saturated heterocycles. The number of aromatic nitrogens is 2. The van der Waals surface area contributed by atoms with Gasteiger partial charge in [-0.3, -0.25) is 4.79 Å². The number of amides is 1. The third kappa shape index (κ3) is 4.13. The topological polar surface area (TPSA) is 64.2 Å². The van der Waals surface area contributed by atoms with Crippen molar-refractivity contribution in [3.63, 3.8) is 0 Å². The van der Waals surface area contributed by atoms with Gasteiger partial charge in [0.05, 0.1) is 12.7 Å². The molecule has 0 radical (unpaired) electrons. The molecule has 152 valence electrons. The van der Waals surface area contributed by atoms with Crippen molar-refractivity contribution in [2.24, 2.45) is 5.73 Å². The predicted octanol–water partition coefficient (Wildman–Crippen LogP) is 2.62. The molecule has 11 heteroatoms. The lowest BCUT2D eigenvalue weighted by molar-refractivity contribution is -0.144. The van der Waals surface area contributed by atoms with Gasteiger partial charge in [-0.15, -0.1) is 0 Å². The number of halogens is 6. The maximum absolute atomic E-state index is 13.7. The van der Waals surface area contributed by atoms with E-state index in [-0.39, 0.29) is 43.9 Å². The van der Waals surface area contributed by atoms with E-state index in [4.69, 9.17) is 5.73 Å². The minimum atomic E-state index is -4.53. The number of fused-ring (bicyclic) bond motifs is 1. The van der Waals surface area contributed by atoms with Crippen LogP contribution in [-0.2, 0) is 30.5 Å². The van der Waals surface area contributed by atoms with Gasteiger partial charge in [-0.25, -0.2) is 18.2 Å². The molecule has 3 rings (SSSR count). The Labute approximate surface area is 155 Å². The highest BCUT2D eigenvalue weighted by Gasteiger charge is 2.37. The summed E-state index contributed by atoms with van der Waals surface area (Å²) in [5.74, 6) is -3.86. The van der Waals surface area contributed by atoms with E-state index >= 15 is 0 Å². The second-order valence-electron chi connectivity index (χ2n) is 6.55. The van der Waals surface area contributed by atoms with Crippen LogP contribution in [0.2, 0.25) is 0 Å². The van der Waals surface area contributed by atoms with Gasteiger partial charge >= 0.3 is 6.18 Å². The zero-order valence-electron chi connectivity index (χ0n) is 14.4. The molecular formula is C17H16F6N4O. The van der Waals surface area contributed by atoms with E-state index in [1.165, 1.54) is 4.90 Å². The molecule has 0 saturated carbocycles. The van der Waals surface area contributed by atoms with Crippen molar-refractivity contribution in [2.75, 3.05) is 6.54 Å². The molecule has 5 nitrogen and oxygen atoms in total. The zero-order valence-corrected chi connectivity index (χ0v) is 14.4. The van der Waals surface area contributed by atoms with Crippen molar-refractivity contribution < 1.29 is 31.1 Å². The van der Waals surface area contributed by atoms with Crippen LogP contribution in [0.4, 0.5) is 26.3 Å². The third-order valence-corrected chi connectivity index (χ3v) is 4.52. The average Bonchev–Trinajstić information content (AvgIpc) is 3.03. The maximum atomic E-state index is 13.7. The molecule has 0 fully saturated rings. The van der Waals surface area contributed by atoms with Gasteiger partial charge in [0, 0.05) is 31.6 Å². The summed E-state index contributed by atoms with van der Waals surface area (Å²) in [4.78, 5) is 17.4. The van der Waals surface area contributed by atoms with Crippen molar-refractivity contribution >= 4 is 5.91 Å². The van der Waals surface area contributed by atoms with Crippen LogP contribution in [-0.4, -0.2) is 32.9 Å². The van der Waals surface area contributed by atoms with Gasteiger partial charge < -0.3 is 15.2 Å². The first-order chi connectivity index (χ1) is 13.1. The second-order valence-corrected chi connectivity index (χ2v) is 6.55. The fourth-order valence-electron chi connectivity index (χ4n) is 3.13. The number of nitrogens with zero attached hydrogens (tertiary/aromatic N) is 3. The zero-order chi connectivity index (χ0) is 20.6. The van der Waals surface area contributed by atoms with Crippen LogP contribution in [0.25, 0.3) is 0 Å². The Morgan fingerprint density at radius 3 is 2.50 bits per heavy atom. The van der Waals surface area contributed by atoms with Crippen LogP contribution in [0.3, 0.4) is 0 Å². The molecule has 1 aliphatic rings. The standard InChI is InChI=1S/C17H16F6N4O/c18-11-6-13(20)12(19)4-9(11)3-10(24)5-16(28)26-1-2-27-14(17(21,22)23)7-25-15(27)8-26/h4,6-7,10H,1-3,5,8,24H2/t10-/m0/s1. The average molecular weight is 406 g/mol. The molecule has 1 atom stereocenters. The molecule has 0 bridgehead atoms. The SMILES string of the molecule is N[C@H](CC(=O)N1CCn2c(C(F)(F)F)cnc2C1)Cc1cc(F)c(F)cc1F. The number of rotatable bonds is 4. The van der Waals surface area contributed by atoms with Gasteiger partial charge in [0.2, 0.25) is 5.91 Å². The molecule has 1 aromatic heterocycles. The summed E-state index contributed by atoms with van der Waals surface area (Å²) in [7, 11) is 0. The number of carbonyl (C=O) groups is 1. The molecule has 0 aliphatic carbocycles. The van der Waals surface area contributed by atoms with Crippen molar-refractivity contribution in [1.29, 1.82) is 0 Å². The number of nitrogens with two attached hydrogens (primary N) is 1. The van der Waals surface area contributed by atoms with Crippen molar-refractivity contribution in [1.82, 2.24) is 14.5 Å². The van der Waals surface area contributed by atoms with Crippen molar-refractivity contribution in [2.45, 2.75) is 38.1 Å². The van der Waals surface area contributed by atoms with E-state index in [0.717, 1.165) is 10.8 Å². The Kier molecular flexibility index (Phi) is 5.37. The summed E-state index contributed by atoms with van der Waals surface area (Å²) in [6.45, 7) is -0.137. The van der Waals surface area contributed by atoms with Gasteiger partial charge in [0.15, 0.2) is 11.6 Å². The predicted molar refractivity (Wildman–Crippen MR) is 85.3 cm³/mol. The lowest BCUT2D eigenvalue weighted by Gasteiger charge is -2.29. The number of alkyl halides is 3. The number of imidazole rings is 1. The highest BCUT2D eigenvalue weighted by atomic mass is 19.4. The Morgan fingerprint density at radius 1 is 1.14 bits per heavy atom. The van der Waals surface area contributed by atoms with Gasteiger partial charge in [-0.1, -0.05) is 0 Å². The number of hydrogen-bond acceptors (Lipinski definition) is 3. The van der Waals surface area contributed by atoms with Crippen LogP contribution in [0.5, 0.6) is 0 Å². The minimum absolute atomic E-state index is 0.0392. The fraction of sp³-hybridized carbons (Fsp3) is 0.412. The van der Waals surface area contributed by atoms with Gasteiger partial charge in [0.1, 0.15) is 17.3 Å². The first kappa shape index (κ1) is 20.2. The van der Waals surface area contributed by atoms with Crippen molar-refractivity contribution in [3.8, 4) is 0 Å². The van der Waals surface area contributed by atoms with Crippen molar-refractivity contribution in [3.05, 3.63) is 52.9 Å². The molecule has 28 heavy (non-hydrogen) atoms. The van der Waals surface area contributed by atoms with E-state index in [2.05, 4.69) is 4.98 Å². The molecule has 1 aromatic carbocycles. The first-order valence-corrected chi connectivity index (χ1v) is 8.34. The molecule has 2 N–H and O–H groups in total. The van der Waals surface area contributed by atoms with E-state index in [9.17, 15) is 31.1 Å². The minimum Gasteiger partial charge on any atom is -0.333 e. The lowest BCUT2D eigenvalue weighted by Crippen LogP contribution is -2.42. The number of carbonyl (C=O) groups excluding carboxylic acids is 1. The van der Waals surface area contributed by atoms with Crippen LogP contribution < -0.4 is 5.73 Å². The summed E-state index contributed by atoms with van der Waals surface area (Å²) < 4.78 is 79.6. The summed E-state index contributed by atoms with van der Waals surface area (Å²) in [5.41, 5.74) is 4.79. The Morgan fingerprint density at radius 2 is 1.82 bits per heavy atom. The maximum Gasteiger partial charge on any atom is 0.433 e. The molecule has 2 heterocycles. The van der Waals surface area contributed by atoms with E-state index in [1.54, 1.807) is 0 Å². The van der Waals surface area contributed by atoms with Crippen LogP contribution >= 0.6 is 0 Å². The lowest BCUT2D eigenvalue weighted by atomic mass is 10.0. The first-order valence-electron chi connectivity index (χ1n) is 8.34. The van der Waals surface area contributed by atoms with Gasteiger partial charge in [-0.2, -0.15) is 13.2 Å². The smallest absolute Gasteiger partial charge is 0.333 e. The summed E-state index contributed by atoms with van der Waals surface area (Å²) in [5, 5.41) is 0. The molecule has 2 aromatic rings.